The summed E-state index contributed by atoms with van der Waals surface area (Å²) < 4.78 is 82.1. The maximum atomic E-state index is 13.7. The van der Waals surface area contributed by atoms with Gasteiger partial charge >= 0.3 is 21.8 Å². The fourth-order valence-corrected chi connectivity index (χ4v) is 4.68. The number of benzene rings is 1. The fraction of sp³-hybridized carbons (Fsp3) is 0.455. The van der Waals surface area contributed by atoms with Crippen molar-refractivity contribution in [3.8, 4) is 5.88 Å². The van der Waals surface area contributed by atoms with E-state index in [1.165, 1.54) is 15.5 Å². The van der Waals surface area contributed by atoms with E-state index < -0.39 is 33.0 Å². The van der Waals surface area contributed by atoms with Crippen LogP contribution in [0.25, 0.3) is 5.65 Å². The zero-order valence-corrected chi connectivity index (χ0v) is 21.1. The smallest absolute Gasteiger partial charge is 0.355 e. The molecule has 3 aromatic rings. The summed E-state index contributed by atoms with van der Waals surface area (Å²) in [6, 6.07) is 4.84. The third-order valence-electron chi connectivity index (χ3n) is 6.02. The quantitative estimate of drug-likeness (QED) is 0.237. The van der Waals surface area contributed by atoms with Gasteiger partial charge in [0.15, 0.2) is 6.54 Å². The van der Waals surface area contributed by atoms with Crippen molar-refractivity contribution in [2.45, 2.75) is 44.2 Å². The van der Waals surface area contributed by atoms with Gasteiger partial charge in [0, 0.05) is 36.5 Å². The number of nitrogens with two attached hydrogens (primary N) is 1. The van der Waals surface area contributed by atoms with Crippen molar-refractivity contribution in [3.05, 3.63) is 35.9 Å². The molecular weight excluding hydrogens is 523 g/mol. The van der Waals surface area contributed by atoms with Gasteiger partial charge in [-0.05, 0) is 41.2 Å². The lowest BCUT2D eigenvalue weighted by Crippen LogP contribution is -2.40. The van der Waals surface area contributed by atoms with E-state index in [4.69, 9.17) is 15.2 Å². The first-order valence-corrected chi connectivity index (χ1v) is 13.6. The Hall–Kier alpha value is -3.20. The van der Waals surface area contributed by atoms with Crippen molar-refractivity contribution in [1.82, 2.24) is 14.7 Å². The number of Topliss-reactive ketones (excluding diaryl/α,β-unsaturated/α-hetero) is 1. The molecule has 204 valence electrons. The van der Waals surface area contributed by atoms with E-state index in [0.717, 1.165) is 17.5 Å². The lowest BCUT2D eigenvalue weighted by Gasteiger charge is -2.41. The molecule has 0 amide bonds. The number of ketones is 1. The number of hydrogen-bond donors (Lipinski definition) is 1. The Morgan fingerprint density at radius 3 is 2.43 bits per heavy atom. The summed E-state index contributed by atoms with van der Waals surface area (Å²) in [5.41, 5.74) is 5.53. The van der Waals surface area contributed by atoms with Crippen LogP contribution >= 0.6 is 10.2 Å². The second-order valence-corrected chi connectivity index (χ2v) is 11.1. The van der Waals surface area contributed by atoms with E-state index in [9.17, 15) is 24.2 Å². The standard InChI is InChI=1S/C22H28F5N6O3S/c1-3-17(4-2)36-20-5-6-21-32(30-22(28)33(21)29-20)14-19(34)15-11-16(31-7-9-35-10-8-31)13-18(12-15)37(23,24,25,26)27/h5-6,11-13,17H,3-4,7-10,14H2,1-2H3,(H2,28,30)/q+1. The number of hydrogen-bond acceptors (Lipinski definition) is 7. The highest BCUT2D eigenvalue weighted by Crippen LogP contribution is 3.02. The van der Waals surface area contributed by atoms with Crippen LogP contribution in [0.5, 0.6) is 5.88 Å². The Morgan fingerprint density at radius 2 is 1.81 bits per heavy atom. The van der Waals surface area contributed by atoms with Crippen LogP contribution in [0.3, 0.4) is 0 Å². The molecule has 1 aliphatic heterocycles. The highest BCUT2D eigenvalue weighted by atomic mass is 32.5. The first-order valence-electron chi connectivity index (χ1n) is 11.7. The van der Waals surface area contributed by atoms with Crippen LogP contribution in [0, 0.1) is 0 Å². The van der Waals surface area contributed by atoms with Gasteiger partial charge in [-0.2, -0.15) is 0 Å². The van der Waals surface area contributed by atoms with Crippen molar-refractivity contribution >= 4 is 33.3 Å². The number of nitrogen functional groups attached to an aromatic ring is 1. The summed E-state index contributed by atoms with van der Waals surface area (Å²) in [4.78, 5) is 12.4. The number of halogens is 5. The molecule has 1 fully saturated rings. The zero-order valence-electron chi connectivity index (χ0n) is 20.3. The van der Waals surface area contributed by atoms with Gasteiger partial charge in [0.25, 0.3) is 5.88 Å². The Balaban J connectivity index is 1.68. The third-order valence-corrected chi connectivity index (χ3v) is 7.15. The summed E-state index contributed by atoms with van der Waals surface area (Å²) in [5.74, 6) is -0.671. The summed E-state index contributed by atoms with van der Waals surface area (Å²) in [7, 11) is -10.1. The van der Waals surface area contributed by atoms with Crippen LogP contribution in [0.2, 0.25) is 0 Å². The maximum absolute atomic E-state index is 13.7. The van der Waals surface area contributed by atoms with Gasteiger partial charge in [-0.1, -0.05) is 37.8 Å². The van der Waals surface area contributed by atoms with Crippen LogP contribution in [-0.4, -0.2) is 52.9 Å². The van der Waals surface area contributed by atoms with E-state index in [1.807, 2.05) is 13.8 Å². The van der Waals surface area contributed by atoms with E-state index in [2.05, 4.69) is 10.2 Å². The predicted octanol–water partition coefficient (Wildman–Crippen LogP) is 4.54. The number of anilines is 2. The van der Waals surface area contributed by atoms with Gasteiger partial charge in [0.05, 0.1) is 13.2 Å². The molecule has 2 N–H and O–H groups in total. The van der Waals surface area contributed by atoms with Crippen LogP contribution < -0.4 is 20.1 Å². The minimum atomic E-state index is -10.1. The highest BCUT2D eigenvalue weighted by Gasteiger charge is 2.65. The second kappa shape index (κ2) is 8.97. The number of ether oxygens (including phenoxy) is 2. The SMILES string of the molecule is CCC(CC)Oc1ccc2n(n1)c(N)n[n+]2CC(=O)c1cc(N2CCOCC2)cc(S(F)(F)(F)(F)F)c1. The van der Waals surface area contributed by atoms with E-state index >= 15 is 0 Å². The van der Waals surface area contributed by atoms with Gasteiger partial charge in [0.1, 0.15) is 11.0 Å². The van der Waals surface area contributed by atoms with Crippen molar-refractivity contribution in [1.29, 1.82) is 0 Å². The Kier molecular flexibility index (Phi) is 6.51. The van der Waals surface area contributed by atoms with Crippen LogP contribution in [0.15, 0.2) is 35.2 Å². The van der Waals surface area contributed by atoms with Crippen molar-refractivity contribution < 1.29 is 38.4 Å². The molecule has 1 saturated heterocycles. The molecule has 2 aromatic heterocycles. The van der Waals surface area contributed by atoms with Crippen LogP contribution in [0.1, 0.15) is 37.0 Å². The molecular formula is C22H28F5N6O3S+. The van der Waals surface area contributed by atoms with E-state index in [1.54, 1.807) is 12.1 Å². The van der Waals surface area contributed by atoms with E-state index in [0.29, 0.717) is 6.07 Å². The van der Waals surface area contributed by atoms with Gasteiger partial charge in [0.2, 0.25) is 5.78 Å². The summed E-state index contributed by atoms with van der Waals surface area (Å²) >= 11 is 0. The number of aromatic nitrogens is 4. The molecule has 0 radical (unpaired) electrons. The molecule has 1 aromatic carbocycles. The van der Waals surface area contributed by atoms with Gasteiger partial charge < -0.3 is 20.1 Å². The van der Waals surface area contributed by atoms with Crippen molar-refractivity contribution in [3.63, 3.8) is 0 Å². The lowest BCUT2D eigenvalue weighted by atomic mass is 10.1. The Morgan fingerprint density at radius 1 is 1.14 bits per heavy atom. The minimum absolute atomic E-state index is 0.0643. The summed E-state index contributed by atoms with van der Waals surface area (Å²) in [6.07, 6.45) is 1.45. The number of fused-ring (bicyclic) bond motifs is 1. The number of carbonyl (C=O) groups excluding carboxylic acids is 1. The summed E-state index contributed by atoms with van der Waals surface area (Å²) in [6.45, 7) is 4.21. The molecule has 0 aliphatic carbocycles. The number of rotatable bonds is 9. The molecule has 0 saturated carbocycles. The number of morpholine rings is 1. The van der Waals surface area contributed by atoms with Gasteiger partial charge in [-0.15, -0.1) is 4.68 Å². The molecule has 0 bridgehead atoms. The van der Waals surface area contributed by atoms with Gasteiger partial charge in [-0.25, -0.2) is 0 Å². The Bertz CT molecular complexity index is 1330. The molecule has 37 heavy (non-hydrogen) atoms. The third kappa shape index (κ3) is 6.04. The lowest BCUT2D eigenvalue weighted by molar-refractivity contribution is -0.714. The van der Waals surface area contributed by atoms with Crippen molar-refractivity contribution in [2.75, 3.05) is 36.9 Å². The Labute approximate surface area is 209 Å². The molecule has 0 unspecified atom stereocenters. The molecule has 3 heterocycles. The monoisotopic (exact) mass is 551 g/mol. The highest BCUT2D eigenvalue weighted by molar-refractivity contribution is 8.45. The molecule has 1 aliphatic rings. The topological polar surface area (TPSA) is 98.9 Å². The molecule has 15 heteroatoms. The first-order chi connectivity index (χ1) is 17.2. The maximum Gasteiger partial charge on any atom is 0.355 e. The van der Waals surface area contributed by atoms with Crippen LogP contribution in [0.4, 0.5) is 31.1 Å². The fourth-order valence-electron chi connectivity index (χ4n) is 3.98. The first kappa shape index (κ1) is 26.9. The predicted molar refractivity (Wildman–Crippen MR) is 128 cm³/mol. The average Bonchev–Trinajstić information content (AvgIpc) is 3.15. The average molecular weight is 552 g/mol. The summed E-state index contributed by atoms with van der Waals surface area (Å²) in [5, 5.41) is 8.32. The largest absolute Gasteiger partial charge is 0.472 e. The van der Waals surface area contributed by atoms with Gasteiger partial charge in [-0.3, -0.25) is 4.79 Å². The minimum Gasteiger partial charge on any atom is -0.472 e. The van der Waals surface area contributed by atoms with Crippen LogP contribution in [-0.2, 0) is 11.3 Å². The van der Waals surface area contributed by atoms with Crippen molar-refractivity contribution in [2.24, 2.45) is 0 Å². The van der Waals surface area contributed by atoms with E-state index in [-0.39, 0.29) is 61.6 Å². The zero-order chi connectivity index (χ0) is 27.1. The molecule has 4 rings (SSSR count). The molecule has 0 atom stereocenters. The normalized spacial score (nSPS) is 16.6. The number of nitrogens with zero attached hydrogens (tertiary/aromatic N) is 5. The second-order valence-electron chi connectivity index (χ2n) is 8.72. The molecule has 9 nitrogen and oxygen atoms in total. The number of carbonyl (C=O) groups is 1. The molecule has 0 spiro atoms.